The van der Waals surface area contributed by atoms with E-state index >= 15 is 0 Å². The van der Waals surface area contributed by atoms with E-state index in [0.29, 0.717) is 29.9 Å². The molecule has 3 rings (SSSR count). The van der Waals surface area contributed by atoms with Gasteiger partial charge in [0.25, 0.3) is 0 Å². The molecule has 0 bridgehead atoms. The first-order valence-corrected chi connectivity index (χ1v) is 9.46. The number of carbonyl (C=O) groups is 1. The second-order valence-electron chi connectivity index (χ2n) is 6.33. The number of amides is 1. The maximum Gasteiger partial charge on any atom is 0.407 e. The topological polar surface area (TPSA) is 62.7 Å². The molecule has 0 radical (unpaired) electrons. The Labute approximate surface area is 160 Å². The van der Waals surface area contributed by atoms with Gasteiger partial charge < -0.3 is 14.7 Å². The number of piperidine rings is 1. The number of halogens is 2. The lowest BCUT2D eigenvalue weighted by atomic mass is 9.90. The molecule has 1 N–H and O–H groups in total. The van der Waals surface area contributed by atoms with Crippen molar-refractivity contribution in [1.29, 1.82) is 0 Å². The van der Waals surface area contributed by atoms with Crippen LogP contribution in [0.15, 0.2) is 22.7 Å². The number of aromatic nitrogens is 1. The van der Waals surface area contributed by atoms with Gasteiger partial charge >= 0.3 is 6.09 Å². The molecule has 7 heteroatoms. The van der Waals surface area contributed by atoms with Crippen molar-refractivity contribution in [2.75, 3.05) is 20.2 Å². The molecular formula is C18H20BrClN2O3. The van der Waals surface area contributed by atoms with Gasteiger partial charge in [0.2, 0.25) is 5.88 Å². The van der Waals surface area contributed by atoms with Crippen LogP contribution in [0.25, 0.3) is 10.9 Å². The number of hydrogen-bond acceptors (Lipinski definition) is 3. The summed E-state index contributed by atoms with van der Waals surface area (Å²) in [5, 5.41) is 10.6. The lowest BCUT2D eigenvalue weighted by molar-refractivity contribution is 0.123. The molecule has 2 aromatic rings. The number of likely N-dealkylation sites (tertiary alicyclic amines) is 1. The molecule has 134 valence electrons. The van der Waals surface area contributed by atoms with Crippen LogP contribution in [-0.2, 0) is 6.42 Å². The van der Waals surface area contributed by atoms with Crippen LogP contribution in [0.4, 0.5) is 4.79 Å². The molecule has 1 saturated heterocycles. The van der Waals surface area contributed by atoms with Crippen LogP contribution in [0.5, 0.6) is 5.88 Å². The molecule has 0 saturated carbocycles. The summed E-state index contributed by atoms with van der Waals surface area (Å²) in [4.78, 5) is 17.1. The second-order valence-corrected chi connectivity index (χ2v) is 7.62. The summed E-state index contributed by atoms with van der Waals surface area (Å²) < 4.78 is 6.42. The molecule has 1 aliphatic heterocycles. The van der Waals surface area contributed by atoms with Crippen LogP contribution in [0.1, 0.15) is 24.8 Å². The molecule has 0 spiro atoms. The first-order valence-electron chi connectivity index (χ1n) is 8.29. The maximum atomic E-state index is 11.0. The first-order chi connectivity index (χ1) is 12.0. The standard InChI is InChI=1S/C18H20BrClN2O3/c1-25-17-13(4-2-11-6-8-22(9-7-11)18(23)24)16(20)14-10-12(19)3-5-15(14)21-17/h3,5,10-11H,2,4,6-9H2,1H3,(H,23,24). The van der Waals surface area contributed by atoms with Gasteiger partial charge in [-0.3, -0.25) is 0 Å². The molecule has 2 heterocycles. The number of pyridine rings is 1. The van der Waals surface area contributed by atoms with E-state index in [1.54, 1.807) is 7.11 Å². The number of methoxy groups -OCH3 is 1. The minimum atomic E-state index is -0.826. The maximum absolute atomic E-state index is 11.0. The molecule has 0 unspecified atom stereocenters. The number of fused-ring (bicyclic) bond motifs is 1. The molecule has 1 aromatic carbocycles. The largest absolute Gasteiger partial charge is 0.481 e. The molecule has 25 heavy (non-hydrogen) atoms. The van der Waals surface area contributed by atoms with Crippen molar-refractivity contribution < 1.29 is 14.6 Å². The number of ether oxygens (including phenoxy) is 1. The third-order valence-corrected chi connectivity index (χ3v) is 5.75. The molecule has 0 aliphatic carbocycles. The van der Waals surface area contributed by atoms with Crippen molar-refractivity contribution in [3.63, 3.8) is 0 Å². The molecule has 1 aromatic heterocycles. The predicted octanol–water partition coefficient (Wildman–Crippen LogP) is 4.98. The van der Waals surface area contributed by atoms with Crippen molar-refractivity contribution >= 4 is 44.5 Å². The fourth-order valence-corrected chi connectivity index (χ4v) is 4.05. The number of benzene rings is 1. The van der Waals surface area contributed by atoms with E-state index < -0.39 is 6.09 Å². The third kappa shape index (κ3) is 4.01. The average Bonchev–Trinajstić information content (AvgIpc) is 2.61. The fourth-order valence-electron chi connectivity index (χ4n) is 3.36. The zero-order valence-corrected chi connectivity index (χ0v) is 16.3. The minimum absolute atomic E-state index is 0.495. The van der Waals surface area contributed by atoms with Crippen LogP contribution in [0.2, 0.25) is 5.02 Å². The normalized spacial score (nSPS) is 15.6. The van der Waals surface area contributed by atoms with Crippen LogP contribution in [-0.4, -0.2) is 41.3 Å². The summed E-state index contributed by atoms with van der Waals surface area (Å²) >= 11 is 10.1. The molecule has 1 fully saturated rings. The Balaban J connectivity index is 1.77. The summed E-state index contributed by atoms with van der Waals surface area (Å²) in [5.41, 5.74) is 1.74. The van der Waals surface area contributed by atoms with Gasteiger partial charge in [0.05, 0.1) is 17.6 Å². The quantitative estimate of drug-likeness (QED) is 0.747. The summed E-state index contributed by atoms with van der Waals surface area (Å²) in [5.74, 6) is 1.07. The summed E-state index contributed by atoms with van der Waals surface area (Å²) in [6, 6.07) is 5.82. The zero-order chi connectivity index (χ0) is 18.0. The van der Waals surface area contributed by atoms with E-state index in [-0.39, 0.29) is 0 Å². The van der Waals surface area contributed by atoms with Crippen LogP contribution in [0.3, 0.4) is 0 Å². The SMILES string of the molecule is COc1nc2ccc(Br)cc2c(Cl)c1CCC1CCN(C(=O)O)CC1. The highest BCUT2D eigenvalue weighted by Crippen LogP contribution is 2.35. The summed E-state index contributed by atoms with van der Waals surface area (Å²) in [6.45, 7) is 1.21. The van der Waals surface area contributed by atoms with Gasteiger partial charge in [0, 0.05) is 28.5 Å². The summed E-state index contributed by atoms with van der Waals surface area (Å²) in [7, 11) is 1.61. The smallest absolute Gasteiger partial charge is 0.407 e. The summed E-state index contributed by atoms with van der Waals surface area (Å²) in [6.07, 6.45) is 2.67. The van der Waals surface area contributed by atoms with Gasteiger partial charge in [0.15, 0.2) is 0 Å². The van der Waals surface area contributed by atoms with Crippen LogP contribution >= 0.6 is 27.5 Å². The van der Waals surface area contributed by atoms with Gasteiger partial charge in [0.1, 0.15) is 0 Å². The molecular weight excluding hydrogens is 408 g/mol. The number of nitrogens with zero attached hydrogens (tertiary/aromatic N) is 2. The van der Waals surface area contributed by atoms with Crippen molar-refractivity contribution in [1.82, 2.24) is 9.88 Å². The van der Waals surface area contributed by atoms with E-state index in [1.807, 2.05) is 18.2 Å². The monoisotopic (exact) mass is 426 g/mol. The predicted molar refractivity (Wildman–Crippen MR) is 102 cm³/mol. The van der Waals surface area contributed by atoms with E-state index in [2.05, 4.69) is 20.9 Å². The lowest BCUT2D eigenvalue weighted by Gasteiger charge is -2.30. The molecule has 0 atom stereocenters. The highest BCUT2D eigenvalue weighted by Gasteiger charge is 2.23. The van der Waals surface area contributed by atoms with Gasteiger partial charge in [-0.2, -0.15) is 0 Å². The van der Waals surface area contributed by atoms with Crippen molar-refractivity contribution in [3.05, 3.63) is 33.3 Å². The zero-order valence-electron chi connectivity index (χ0n) is 14.0. The Morgan fingerprint density at radius 1 is 1.44 bits per heavy atom. The Morgan fingerprint density at radius 2 is 2.16 bits per heavy atom. The molecule has 1 aliphatic rings. The Bertz CT molecular complexity index is 791. The number of hydrogen-bond donors (Lipinski definition) is 1. The van der Waals surface area contributed by atoms with Gasteiger partial charge in [-0.15, -0.1) is 0 Å². The highest BCUT2D eigenvalue weighted by molar-refractivity contribution is 9.10. The number of carboxylic acid groups (broad SMARTS) is 1. The average molecular weight is 428 g/mol. The fraction of sp³-hybridized carbons (Fsp3) is 0.444. The minimum Gasteiger partial charge on any atom is -0.481 e. The Kier molecular flexibility index (Phi) is 5.69. The van der Waals surface area contributed by atoms with Crippen molar-refractivity contribution in [2.24, 2.45) is 5.92 Å². The lowest BCUT2D eigenvalue weighted by Crippen LogP contribution is -2.37. The van der Waals surface area contributed by atoms with Crippen LogP contribution < -0.4 is 4.74 Å². The van der Waals surface area contributed by atoms with E-state index in [1.165, 1.54) is 4.90 Å². The van der Waals surface area contributed by atoms with E-state index in [0.717, 1.165) is 46.6 Å². The van der Waals surface area contributed by atoms with E-state index in [9.17, 15) is 4.79 Å². The van der Waals surface area contributed by atoms with Gasteiger partial charge in [-0.05, 0) is 49.8 Å². The molecule has 1 amide bonds. The highest BCUT2D eigenvalue weighted by atomic mass is 79.9. The number of rotatable bonds is 4. The van der Waals surface area contributed by atoms with Crippen molar-refractivity contribution in [2.45, 2.75) is 25.7 Å². The van der Waals surface area contributed by atoms with Crippen molar-refractivity contribution in [3.8, 4) is 5.88 Å². The Hall–Kier alpha value is -1.53. The van der Waals surface area contributed by atoms with E-state index in [4.69, 9.17) is 21.4 Å². The van der Waals surface area contributed by atoms with Crippen LogP contribution in [0, 0.1) is 5.92 Å². The third-order valence-electron chi connectivity index (χ3n) is 4.82. The van der Waals surface area contributed by atoms with Gasteiger partial charge in [-0.25, -0.2) is 9.78 Å². The first kappa shape index (κ1) is 18.3. The second kappa shape index (κ2) is 7.79. The molecule has 5 nitrogen and oxygen atoms in total. The van der Waals surface area contributed by atoms with Gasteiger partial charge in [-0.1, -0.05) is 27.5 Å². The Morgan fingerprint density at radius 3 is 2.80 bits per heavy atom.